The Kier molecular flexibility index (Phi) is 6.81. The number of hydrogen-bond acceptors (Lipinski definition) is 4. The molecule has 1 rings (SSSR count). The molecule has 0 bridgehead atoms. The molecule has 1 aromatic rings. The van der Waals surface area contributed by atoms with Crippen LogP contribution in [-0.2, 0) is 0 Å². The minimum atomic E-state index is 0.110. The van der Waals surface area contributed by atoms with Gasteiger partial charge in [-0.3, -0.25) is 0 Å². The molecule has 112 valence electrons. The average molecular weight is 343 g/mol. The number of benzene rings is 1. The molecular formula is C14H23BrN4O. The summed E-state index contributed by atoms with van der Waals surface area (Å²) >= 11 is 3.48. The van der Waals surface area contributed by atoms with Gasteiger partial charge in [-0.1, -0.05) is 12.1 Å². The van der Waals surface area contributed by atoms with E-state index in [0.717, 1.165) is 36.2 Å². The number of oxime groups is 1. The van der Waals surface area contributed by atoms with Crippen molar-refractivity contribution in [3.05, 3.63) is 28.2 Å². The maximum Gasteiger partial charge on any atom is 0.171 e. The Labute approximate surface area is 129 Å². The fraction of sp³-hybridized carbons (Fsp3) is 0.500. The van der Waals surface area contributed by atoms with Crippen LogP contribution in [-0.4, -0.2) is 49.7 Å². The molecule has 0 spiro atoms. The van der Waals surface area contributed by atoms with Crippen molar-refractivity contribution in [2.75, 3.05) is 38.6 Å². The highest BCUT2D eigenvalue weighted by molar-refractivity contribution is 9.10. The molecule has 0 saturated carbocycles. The Morgan fingerprint density at radius 1 is 1.30 bits per heavy atom. The van der Waals surface area contributed by atoms with Gasteiger partial charge in [-0.2, -0.15) is 0 Å². The van der Waals surface area contributed by atoms with Gasteiger partial charge in [0.15, 0.2) is 5.84 Å². The highest BCUT2D eigenvalue weighted by atomic mass is 79.9. The molecule has 0 heterocycles. The van der Waals surface area contributed by atoms with Gasteiger partial charge in [0.25, 0.3) is 0 Å². The second-order valence-electron chi connectivity index (χ2n) is 4.94. The number of halogens is 1. The van der Waals surface area contributed by atoms with Crippen molar-refractivity contribution in [2.45, 2.75) is 13.3 Å². The van der Waals surface area contributed by atoms with Gasteiger partial charge in [0, 0.05) is 35.4 Å². The van der Waals surface area contributed by atoms with Crippen LogP contribution in [0.2, 0.25) is 0 Å². The second kappa shape index (κ2) is 8.11. The van der Waals surface area contributed by atoms with E-state index in [0.29, 0.717) is 5.56 Å². The van der Waals surface area contributed by atoms with Gasteiger partial charge < -0.3 is 20.7 Å². The van der Waals surface area contributed by atoms with Crippen molar-refractivity contribution in [2.24, 2.45) is 10.9 Å². The van der Waals surface area contributed by atoms with Crippen LogP contribution in [0, 0.1) is 0 Å². The summed E-state index contributed by atoms with van der Waals surface area (Å²) in [6, 6.07) is 5.88. The van der Waals surface area contributed by atoms with Crippen LogP contribution in [0.3, 0.4) is 0 Å². The summed E-state index contributed by atoms with van der Waals surface area (Å²) in [5.41, 5.74) is 7.46. The molecule has 0 atom stereocenters. The van der Waals surface area contributed by atoms with Crippen molar-refractivity contribution >= 4 is 27.5 Å². The van der Waals surface area contributed by atoms with E-state index in [1.54, 1.807) is 0 Å². The van der Waals surface area contributed by atoms with Crippen LogP contribution in [0.4, 0.5) is 5.69 Å². The maximum absolute atomic E-state index is 8.75. The summed E-state index contributed by atoms with van der Waals surface area (Å²) in [4.78, 5) is 4.50. The molecule has 0 aromatic heterocycles. The van der Waals surface area contributed by atoms with E-state index in [-0.39, 0.29) is 5.84 Å². The maximum atomic E-state index is 8.75. The molecule has 0 saturated heterocycles. The summed E-state index contributed by atoms with van der Waals surface area (Å²) in [5.74, 6) is 0.110. The number of likely N-dealkylation sites (N-methyl/N-ethyl adjacent to an activating group) is 1. The van der Waals surface area contributed by atoms with Gasteiger partial charge >= 0.3 is 0 Å². The molecular weight excluding hydrogens is 320 g/mol. The fourth-order valence-electron chi connectivity index (χ4n) is 1.92. The highest BCUT2D eigenvalue weighted by Crippen LogP contribution is 2.24. The van der Waals surface area contributed by atoms with Crippen molar-refractivity contribution in [1.82, 2.24) is 4.90 Å². The molecule has 5 nitrogen and oxygen atoms in total. The monoisotopic (exact) mass is 342 g/mol. The normalized spacial score (nSPS) is 11.9. The van der Waals surface area contributed by atoms with E-state index in [1.165, 1.54) is 0 Å². The Morgan fingerprint density at radius 3 is 2.50 bits per heavy atom. The zero-order valence-electron chi connectivity index (χ0n) is 12.3. The first-order chi connectivity index (χ1) is 9.49. The molecule has 0 aliphatic rings. The molecule has 0 unspecified atom stereocenters. The predicted octanol–water partition coefficient (Wildman–Crippen LogP) is 2.32. The van der Waals surface area contributed by atoms with Crippen molar-refractivity contribution < 1.29 is 5.21 Å². The Bertz CT molecular complexity index is 462. The summed E-state index contributed by atoms with van der Waals surface area (Å²) in [7, 11) is 4.14. The highest BCUT2D eigenvalue weighted by Gasteiger charge is 2.10. The van der Waals surface area contributed by atoms with E-state index < -0.39 is 0 Å². The zero-order chi connectivity index (χ0) is 15.1. The number of anilines is 1. The number of nitrogens with zero attached hydrogens (tertiary/aromatic N) is 3. The minimum Gasteiger partial charge on any atom is -0.409 e. The van der Waals surface area contributed by atoms with Crippen LogP contribution in [0.5, 0.6) is 0 Å². The lowest BCUT2D eigenvalue weighted by Gasteiger charge is -2.26. The zero-order valence-corrected chi connectivity index (χ0v) is 13.9. The largest absolute Gasteiger partial charge is 0.409 e. The van der Waals surface area contributed by atoms with Gasteiger partial charge in [-0.25, -0.2) is 0 Å². The number of hydrogen-bond donors (Lipinski definition) is 2. The van der Waals surface area contributed by atoms with E-state index in [2.05, 4.69) is 51.9 Å². The van der Waals surface area contributed by atoms with Crippen LogP contribution in [0.1, 0.15) is 18.9 Å². The molecule has 6 heteroatoms. The van der Waals surface area contributed by atoms with Crippen LogP contribution < -0.4 is 10.6 Å². The lowest BCUT2D eigenvalue weighted by atomic mass is 10.1. The fourth-order valence-corrected chi connectivity index (χ4v) is 2.49. The number of amidine groups is 1. The standard InChI is InChI=1S/C14H23BrN4O/c1-4-7-19(9-8-18(2)3)11-5-6-12(13(15)10-11)14(16)17-20/h5-6,10,20H,4,7-9H2,1-3H3,(H2,16,17). The summed E-state index contributed by atoms with van der Waals surface area (Å²) < 4.78 is 0.830. The lowest BCUT2D eigenvalue weighted by Crippen LogP contribution is -2.32. The van der Waals surface area contributed by atoms with Gasteiger partial charge in [-0.15, -0.1) is 0 Å². The summed E-state index contributed by atoms with van der Waals surface area (Å²) in [5, 5.41) is 11.8. The van der Waals surface area contributed by atoms with Crippen LogP contribution in [0.25, 0.3) is 0 Å². The van der Waals surface area contributed by atoms with E-state index >= 15 is 0 Å². The topological polar surface area (TPSA) is 65.1 Å². The van der Waals surface area contributed by atoms with E-state index in [1.807, 2.05) is 18.2 Å². The van der Waals surface area contributed by atoms with E-state index in [9.17, 15) is 0 Å². The molecule has 20 heavy (non-hydrogen) atoms. The first-order valence-electron chi connectivity index (χ1n) is 6.66. The van der Waals surface area contributed by atoms with Gasteiger partial charge in [0.1, 0.15) is 0 Å². The van der Waals surface area contributed by atoms with Gasteiger partial charge in [0.05, 0.1) is 0 Å². The molecule has 0 fully saturated rings. The van der Waals surface area contributed by atoms with Crippen molar-refractivity contribution in [3.8, 4) is 0 Å². The van der Waals surface area contributed by atoms with Crippen LogP contribution >= 0.6 is 15.9 Å². The smallest absolute Gasteiger partial charge is 0.171 e. The van der Waals surface area contributed by atoms with Crippen LogP contribution in [0.15, 0.2) is 27.8 Å². The molecule has 0 amide bonds. The number of rotatable bonds is 7. The first-order valence-corrected chi connectivity index (χ1v) is 7.46. The molecule has 0 aliphatic carbocycles. The Hall–Kier alpha value is -1.27. The molecule has 0 aliphatic heterocycles. The molecule has 0 radical (unpaired) electrons. The SMILES string of the molecule is CCCN(CCN(C)C)c1ccc(/C(N)=N/O)c(Br)c1. The summed E-state index contributed by atoms with van der Waals surface area (Å²) in [6.07, 6.45) is 1.09. The third kappa shape index (κ3) is 4.68. The van der Waals surface area contributed by atoms with Gasteiger partial charge in [-0.05, 0) is 54.6 Å². The van der Waals surface area contributed by atoms with E-state index in [4.69, 9.17) is 10.9 Å². The Morgan fingerprint density at radius 2 is 2.00 bits per heavy atom. The summed E-state index contributed by atoms with van der Waals surface area (Å²) in [6.45, 7) is 5.14. The van der Waals surface area contributed by atoms with Crippen molar-refractivity contribution in [1.29, 1.82) is 0 Å². The first kappa shape index (κ1) is 16.8. The molecule has 1 aromatic carbocycles. The number of nitrogens with two attached hydrogens (primary N) is 1. The second-order valence-corrected chi connectivity index (χ2v) is 5.79. The lowest BCUT2D eigenvalue weighted by molar-refractivity contribution is 0.318. The van der Waals surface area contributed by atoms with Gasteiger partial charge in [0.2, 0.25) is 0 Å². The third-order valence-corrected chi connectivity index (χ3v) is 3.67. The quantitative estimate of drug-likeness (QED) is 0.345. The average Bonchev–Trinajstić information content (AvgIpc) is 2.42. The molecule has 3 N–H and O–H groups in total. The minimum absolute atomic E-state index is 0.110. The predicted molar refractivity (Wildman–Crippen MR) is 87.7 cm³/mol. The van der Waals surface area contributed by atoms with Crippen molar-refractivity contribution in [3.63, 3.8) is 0 Å². The third-order valence-electron chi connectivity index (χ3n) is 3.01. The Balaban J connectivity index is 2.94.